The summed E-state index contributed by atoms with van der Waals surface area (Å²) in [5.41, 5.74) is 0.628. The molecule has 1 heterocycles. The Bertz CT molecular complexity index is 549. The van der Waals surface area contributed by atoms with E-state index in [1.807, 2.05) is 20.8 Å². The fraction of sp³-hybridized carbons (Fsp3) is 0.500. The highest BCUT2D eigenvalue weighted by Crippen LogP contribution is 2.26. The second-order valence-corrected chi connectivity index (χ2v) is 6.23. The van der Waals surface area contributed by atoms with Crippen molar-refractivity contribution in [3.8, 4) is 0 Å². The van der Waals surface area contributed by atoms with E-state index >= 15 is 0 Å². The van der Waals surface area contributed by atoms with Gasteiger partial charge in [0.25, 0.3) is 0 Å². The second-order valence-electron chi connectivity index (χ2n) is 5.38. The van der Waals surface area contributed by atoms with E-state index in [1.54, 1.807) is 5.38 Å². The Morgan fingerprint density at radius 2 is 1.95 bits per heavy atom. The fourth-order valence-electron chi connectivity index (χ4n) is 1.34. The zero-order chi connectivity index (χ0) is 16.2. The van der Waals surface area contributed by atoms with Crippen molar-refractivity contribution in [2.24, 2.45) is 0 Å². The van der Waals surface area contributed by atoms with E-state index in [9.17, 15) is 14.4 Å². The summed E-state index contributed by atoms with van der Waals surface area (Å²) in [6.07, 6.45) is -0.701. The van der Waals surface area contributed by atoms with Crippen molar-refractivity contribution < 1.29 is 24.6 Å². The zero-order valence-electron chi connectivity index (χ0n) is 11.8. The molecule has 0 aliphatic rings. The van der Waals surface area contributed by atoms with Crippen LogP contribution in [0.3, 0.4) is 0 Å². The molecule has 0 spiro atoms. The van der Waals surface area contributed by atoms with Crippen molar-refractivity contribution in [3.63, 3.8) is 0 Å². The van der Waals surface area contributed by atoms with Gasteiger partial charge in [0.15, 0.2) is 5.13 Å². The monoisotopic (exact) mass is 315 g/mol. The first kappa shape index (κ1) is 16.9. The largest absolute Gasteiger partial charge is 0.481 e. The van der Waals surface area contributed by atoms with E-state index in [0.717, 1.165) is 5.69 Å². The van der Waals surface area contributed by atoms with Gasteiger partial charge in [-0.25, -0.2) is 14.6 Å². The van der Waals surface area contributed by atoms with Gasteiger partial charge in [-0.15, -0.1) is 11.3 Å². The fourth-order valence-corrected chi connectivity index (χ4v) is 2.27. The quantitative estimate of drug-likeness (QED) is 0.651. The molecule has 2 amide bonds. The van der Waals surface area contributed by atoms with Crippen molar-refractivity contribution in [1.29, 1.82) is 0 Å². The summed E-state index contributed by atoms with van der Waals surface area (Å²) in [5, 5.41) is 24.0. The molecular weight excluding hydrogens is 298 g/mol. The van der Waals surface area contributed by atoms with Crippen LogP contribution < -0.4 is 10.6 Å². The minimum absolute atomic E-state index is 0.167. The minimum atomic E-state index is -1.50. The van der Waals surface area contributed by atoms with Gasteiger partial charge in [-0.1, -0.05) is 20.8 Å². The van der Waals surface area contributed by atoms with Gasteiger partial charge < -0.3 is 15.5 Å². The molecule has 0 radical (unpaired) electrons. The number of nitrogens with one attached hydrogen (secondary N) is 2. The lowest BCUT2D eigenvalue weighted by Crippen LogP contribution is -2.44. The number of carbonyl (C=O) groups excluding carboxylic acids is 1. The average molecular weight is 315 g/mol. The van der Waals surface area contributed by atoms with Crippen molar-refractivity contribution in [2.45, 2.75) is 38.6 Å². The van der Waals surface area contributed by atoms with Crippen molar-refractivity contribution in [2.75, 3.05) is 5.32 Å². The minimum Gasteiger partial charge on any atom is -0.481 e. The Morgan fingerprint density at radius 3 is 2.38 bits per heavy atom. The molecular formula is C12H17N3O5S. The summed E-state index contributed by atoms with van der Waals surface area (Å²) >= 11 is 1.21. The Labute approximate surface area is 125 Å². The standard InChI is InChI=1S/C12H17N3O5S/c1-12(2,3)7-5-21-11(14-7)15-10(20)13-6(9(18)19)4-8(16)17/h5-6H,4H2,1-3H3,(H,16,17)(H,18,19)(H2,13,14,15,20)/t6-/m1/s1. The summed E-state index contributed by atoms with van der Waals surface area (Å²) in [7, 11) is 0. The van der Waals surface area contributed by atoms with Crippen LogP contribution in [-0.4, -0.2) is 39.2 Å². The number of carboxylic acid groups (broad SMARTS) is 2. The van der Waals surface area contributed by atoms with Gasteiger partial charge in [-0.05, 0) is 0 Å². The van der Waals surface area contributed by atoms with E-state index in [4.69, 9.17) is 10.2 Å². The third kappa shape index (κ3) is 5.38. The lowest BCUT2D eigenvalue weighted by molar-refractivity contribution is -0.145. The van der Waals surface area contributed by atoms with Gasteiger partial charge in [0.2, 0.25) is 0 Å². The molecule has 8 nitrogen and oxygen atoms in total. The van der Waals surface area contributed by atoms with Crippen LogP contribution in [0.5, 0.6) is 0 Å². The molecule has 9 heteroatoms. The first-order valence-corrected chi connectivity index (χ1v) is 6.95. The van der Waals surface area contributed by atoms with Gasteiger partial charge in [0.1, 0.15) is 6.04 Å². The number of carbonyl (C=O) groups is 3. The molecule has 1 aromatic heterocycles. The number of anilines is 1. The highest BCUT2D eigenvalue weighted by molar-refractivity contribution is 7.13. The molecule has 0 bridgehead atoms. The van der Waals surface area contributed by atoms with Gasteiger partial charge in [0, 0.05) is 10.8 Å². The van der Waals surface area contributed by atoms with E-state index in [0.29, 0.717) is 5.13 Å². The van der Waals surface area contributed by atoms with Crippen molar-refractivity contribution >= 4 is 34.4 Å². The third-order valence-corrected chi connectivity index (χ3v) is 3.23. The van der Waals surface area contributed by atoms with Gasteiger partial charge in [-0.3, -0.25) is 10.1 Å². The molecule has 0 aromatic carbocycles. The lowest BCUT2D eigenvalue weighted by atomic mass is 9.93. The topological polar surface area (TPSA) is 129 Å². The van der Waals surface area contributed by atoms with Gasteiger partial charge >= 0.3 is 18.0 Å². The predicted octanol–water partition coefficient (Wildman–Crippen LogP) is 1.49. The van der Waals surface area contributed by atoms with Crippen LogP contribution in [0, 0.1) is 0 Å². The highest BCUT2D eigenvalue weighted by Gasteiger charge is 2.24. The van der Waals surface area contributed by atoms with Gasteiger partial charge in [-0.2, -0.15) is 0 Å². The Balaban J connectivity index is 2.66. The first-order chi connectivity index (χ1) is 9.59. The smallest absolute Gasteiger partial charge is 0.326 e. The lowest BCUT2D eigenvalue weighted by Gasteiger charge is -2.14. The predicted molar refractivity (Wildman–Crippen MR) is 76.6 cm³/mol. The van der Waals surface area contributed by atoms with E-state index in [-0.39, 0.29) is 5.41 Å². The Hall–Kier alpha value is -2.16. The number of nitrogens with zero attached hydrogens (tertiary/aromatic N) is 1. The van der Waals surface area contributed by atoms with Crippen molar-refractivity contribution in [3.05, 3.63) is 11.1 Å². The van der Waals surface area contributed by atoms with Crippen LogP contribution in [0.4, 0.5) is 9.93 Å². The van der Waals surface area contributed by atoms with Gasteiger partial charge in [0.05, 0.1) is 12.1 Å². The van der Waals surface area contributed by atoms with Crippen LogP contribution >= 0.6 is 11.3 Å². The Morgan fingerprint density at radius 1 is 1.33 bits per heavy atom. The molecule has 0 aliphatic carbocycles. The molecule has 0 fully saturated rings. The van der Waals surface area contributed by atoms with Crippen molar-refractivity contribution in [1.82, 2.24) is 10.3 Å². The number of hydrogen-bond donors (Lipinski definition) is 4. The number of aliphatic carboxylic acids is 2. The maximum Gasteiger partial charge on any atom is 0.326 e. The molecule has 1 aromatic rings. The van der Waals surface area contributed by atoms with Crippen LogP contribution in [-0.2, 0) is 15.0 Å². The van der Waals surface area contributed by atoms with Crippen LogP contribution in [0.2, 0.25) is 0 Å². The Kier molecular flexibility index (Phi) is 5.25. The van der Waals surface area contributed by atoms with Crippen LogP contribution in [0.25, 0.3) is 0 Å². The molecule has 21 heavy (non-hydrogen) atoms. The first-order valence-electron chi connectivity index (χ1n) is 6.07. The molecule has 0 saturated carbocycles. The van der Waals surface area contributed by atoms with Crippen LogP contribution in [0.1, 0.15) is 32.9 Å². The number of rotatable bonds is 5. The zero-order valence-corrected chi connectivity index (χ0v) is 12.7. The highest BCUT2D eigenvalue weighted by atomic mass is 32.1. The number of thiazole rings is 1. The normalized spacial score (nSPS) is 12.5. The summed E-state index contributed by atoms with van der Waals surface area (Å²) in [5.74, 6) is -2.73. The number of hydrogen-bond acceptors (Lipinski definition) is 5. The molecule has 1 atom stereocenters. The molecule has 0 saturated heterocycles. The molecule has 116 valence electrons. The molecule has 0 unspecified atom stereocenters. The second kappa shape index (κ2) is 6.53. The van der Waals surface area contributed by atoms with Crippen LogP contribution in [0.15, 0.2) is 5.38 Å². The van der Waals surface area contributed by atoms with E-state index < -0.39 is 30.4 Å². The maximum atomic E-state index is 11.7. The summed E-state index contributed by atoms with van der Waals surface area (Å²) in [4.78, 5) is 37.2. The number of aromatic nitrogens is 1. The van der Waals surface area contributed by atoms with E-state index in [1.165, 1.54) is 11.3 Å². The summed E-state index contributed by atoms with van der Waals surface area (Å²) in [6, 6.07) is -2.30. The third-order valence-electron chi connectivity index (χ3n) is 2.48. The number of amides is 2. The van der Waals surface area contributed by atoms with E-state index in [2.05, 4.69) is 15.6 Å². The maximum absolute atomic E-state index is 11.7. The SMILES string of the molecule is CC(C)(C)c1csc(NC(=O)N[C@H](CC(=O)O)C(=O)O)n1. The number of urea groups is 1. The summed E-state index contributed by atoms with van der Waals surface area (Å²) in [6.45, 7) is 5.91. The average Bonchev–Trinajstić information content (AvgIpc) is 2.75. The molecule has 1 rings (SSSR count). The summed E-state index contributed by atoms with van der Waals surface area (Å²) < 4.78 is 0. The molecule has 4 N–H and O–H groups in total. The number of carboxylic acids is 2. The molecule has 0 aliphatic heterocycles.